The van der Waals surface area contributed by atoms with E-state index >= 15 is 0 Å². The Kier molecular flexibility index (Phi) is 5.09. The van der Waals surface area contributed by atoms with E-state index in [4.69, 9.17) is 10.2 Å². The van der Waals surface area contributed by atoms with Crippen molar-refractivity contribution in [2.24, 2.45) is 7.05 Å². The van der Waals surface area contributed by atoms with Crippen LogP contribution in [0, 0.1) is 6.92 Å². The summed E-state index contributed by atoms with van der Waals surface area (Å²) < 4.78 is 20.7. The van der Waals surface area contributed by atoms with Crippen LogP contribution in [0.3, 0.4) is 0 Å². The molecule has 4 aromatic heterocycles. The van der Waals surface area contributed by atoms with Crippen molar-refractivity contribution in [1.82, 2.24) is 24.5 Å². The minimum atomic E-state index is -1.17. The van der Waals surface area contributed by atoms with Gasteiger partial charge in [0.25, 0.3) is 5.89 Å². The lowest BCUT2D eigenvalue weighted by Gasteiger charge is -2.09. The van der Waals surface area contributed by atoms with Gasteiger partial charge < -0.3 is 19.3 Å². The molecule has 0 aromatic carbocycles. The van der Waals surface area contributed by atoms with Gasteiger partial charge in [0.15, 0.2) is 0 Å². The van der Waals surface area contributed by atoms with E-state index in [9.17, 15) is 4.55 Å². The lowest BCUT2D eigenvalue weighted by Crippen LogP contribution is -2.07. The molecule has 8 nitrogen and oxygen atoms in total. The molecule has 0 radical (unpaired) electrons. The van der Waals surface area contributed by atoms with Crippen molar-refractivity contribution in [3.63, 3.8) is 0 Å². The highest BCUT2D eigenvalue weighted by atomic mass is 32.2. The Bertz CT molecular complexity index is 1120. The second-order valence-corrected chi connectivity index (χ2v) is 9.13. The van der Waals surface area contributed by atoms with Gasteiger partial charge in [-0.05, 0) is 24.5 Å². The maximum absolute atomic E-state index is 12.8. The molecular weight excluding hydrogens is 396 g/mol. The number of nitrogens with zero attached hydrogens (tertiary/aromatic N) is 5. The quantitative estimate of drug-likeness (QED) is 0.477. The fraction of sp³-hybridized carbons (Fsp3) is 0.333. The fourth-order valence-corrected chi connectivity index (χ4v) is 5.65. The van der Waals surface area contributed by atoms with Crippen LogP contribution >= 0.6 is 11.3 Å². The highest BCUT2D eigenvalue weighted by molar-refractivity contribution is 7.93. The lowest BCUT2D eigenvalue weighted by molar-refractivity contribution is 0.569. The Labute approximate surface area is 169 Å². The summed E-state index contributed by atoms with van der Waals surface area (Å²) in [5, 5.41) is 0.697. The third kappa shape index (κ3) is 3.17. The summed E-state index contributed by atoms with van der Waals surface area (Å²) >= 11 is 0.169. The fourth-order valence-electron chi connectivity index (χ4n) is 2.88. The van der Waals surface area contributed by atoms with Crippen molar-refractivity contribution in [2.45, 2.75) is 30.9 Å². The Morgan fingerprint density at radius 1 is 1.32 bits per heavy atom. The number of nitrogen functional groups attached to an aromatic ring is 1. The molecule has 0 fully saturated rings. The van der Waals surface area contributed by atoms with Crippen LogP contribution in [0.5, 0.6) is 0 Å². The van der Waals surface area contributed by atoms with E-state index in [1.165, 1.54) is 17.6 Å². The number of anilines is 1. The molecule has 28 heavy (non-hydrogen) atoms. The number of oxazole rings is 1. The predicted octanol–water partition coefficient (Wildman–Crippen LogP) is 3.55. The summed E-state index contributed by atoms with van der Waals surface area (Å²) in [6.45, 7) is 3.99. The predicted molar refractivity (Wildman–Crippen MR) is 110 cm³/mol. The first kappa shape index (κ1) is 18.9. The van der Waals surface area contributed by atoms with Crippen molar-refractivity contribution < 1.29 is 8.97 Å². The minimum Gasteiger partial charge on any atom is -0.611 e. The van der Waals surface area contributed by atoms with Crippen LogP contribution in [-0.4, -0.2) is 34.8 Å². The average Bonchev–Trinajstić information content (AvgIpc) is 3.41. The van der Waals surface area contributed by atoms with E-state index in [2.05, 4.69) is 26.9 Å². The Hall–Kier alpha value is -2.43. The zero-order chi connectivity index (χ0) is 19.8. The summed E-state index contributed by atoms with van der Waals surface area (Å²) in [6.07, 6.45) is 6.63. The van der Waals surface area contributed by atoms with Crippen LogP contribution in [0.25, 0.3) is 33.3 Å². The Balaban J connectivity index is 1.96. The molecule has 0 amide bonds. The SMILES string of the molecule is CCCC[S+]([O-])c1sc2nc(-c3ncco3)nc(-c3cnc(C)n3C)c2c1N. The topological polar surface area (TPSA) is 119 Å². The van der Waals surface area contributed by atoms with Gasteiger partial charge in [-0.3, -0.25) is 0 Å². The molecule has 10 heteroatoms. The molecule has 0 saturated carbocycles. The third-order valence-electron chi connectivity index (χ3n) is 4.53. The van der Waals surface area contributed by atoms with E-state index in [1.54, 1.807) is 12.4 Å². The Morgan fingerprint density at radius 2 is 2.14 bits per heavy atom. The second kappa shape index (κ2) is 7.53. The smallest absolute Gasteiger partial charge is 0.264 e. The maximum atomic E-state index is 12.8. The van der Waals surface area contributed by atoms with E-state index in [0.717, 1.165) is 24.4 Å². The molecule has 1 atom stereocenters. The molecule has 146 valence electrons. The van der Waals surface area contributed by atoms with Crippen molar-refractivity contribution in [2.75, 3.05) is 11.5 Å². The number of hydrogen-bond donors (Lipinski definition) is 1. The monoisotopic (exact) mass is 416 g/mol. The summed E-state index contributed by atoms with van der Waals surface area (Å²) in [7, 11) is 1.92. The molecule has 0 aliphatic heterocycles. The van der Waals surface area contributed by atoms with Crippen LogP contribution in [0.4, 0.5) is 5.69 Å². The third-order valence-corrected chi connectivity index (χ3v) is 7.53. The first-order chi connectivity index (χ1) is 13.5. The standard InChI is InChI=1S/C18H20N6O2S2/c1-4-5-8-28(25)18-13(19)12-14(11-9-21-10(2)24(11)3)22-15(23-17(12)27-18)16-20-6-7-26-16/h6-7,9H,4-5,8,19H2,1-3H3. The van der Waals surface area contributed by atoms with Crippen molar-refractivity contribution in [3.8, 4) is 23.1 Å². The number of aryl methyl sites for hydroxylation is 1. The normalized spacial score (nSPS) is 12.7. The first-order valence-electron chi connectivity index (χ1n) is 8.88. The molecule has 4 aromatic rings. The van der Waals surface area contributed by atoms with Gasteiger partial charge in [0.2, 0.25) is 10.0 Å². The zero-order valence-corrected chi connectivity index (χ0v) is 17.4. The number of aromatic nitrogens is 5. The number of hydrogen-bond acceptors (Lipinski definition) is 8. The molecule has 1 unspecified atom stereocenters. The molecule has 0 saturated heterocycles. The zero-order valence-electron chi connectivity index (χ0n) is 15.8. The average molecular weight is 417 g/mol. The number of rotatable bonds is 6. The van der Waals surface area contributed by atoms with E-state index in [0.29, 0.717) is 43.3 Å². The van der Waals surface area contributed by atoms with Gasteiger partial charge in [-0.1, -0.05) is 24.7 Å². The van der Waals surface area contributed by atoms with Gasteiger partial charge in [0, 0.05) is 7.05 Å². The largest absolute Gasteiger partial charge is 0.611 e. The summed E-state index contributed by atoms with van der Waals surface area (Å²) in [4.78, 5) is 18.5. The highest BCUT2D eigenvalue weighted by Crippen LogP contribution is 2.42. The van der Waals surface area contributed by atoms with Crippen LogP contribution in [0.2, 0.25) is 0 Å². The van der Waals surface area contributed by atoms with Gasteiger partial charge in [-0.2, -0.15) is 0 Å². The number of imidazole rings is 1. The number of unbranched alkanes of at least 4 members (excludes halogenated alkanes) is 1. The lowest BCUT2D eigenvalue weighted by atomic mass is 10.2. The van der Waals surface area contributed by atoms with Gasteiger partial charge in [0.05, 0.1) is 23.5 Å². The van der Waals surface area contributed by atoms with Gasteiger partial charge >= 0.3 is 0 Å². The van der Waals surface area contributed by atoms with E-state index in [1.807, 2.05) is 18.5 Å². The van der Waals surface area contributed by atoms with E-state index < -0.39 is 11.2 Å². The number of fused-ring (bicyclic) bond motifs is 1. The summed E-state index contributed by atoms with van der Waals surface area (Å²) in [6, 6.07) is 0. The molecule has 0 aliphatic carbocycles. The summed E-state index contributed by atoms with van der Waals surface area (Å²) in [5.41, 5.74) is 8.35. The number of nitrogens with two attached hydrogens (primary N) is 1. The molecule has 0 aliphatic rings. The molecule has 0 bridgehead atoms. The van der Waals surface area contributed by atoms with Crippen LogP contribution < -0.4 is 5.73 Å². The van der Waals surface area contributed by atoms with Crippen molar-refractivity contribution >= 4 is 38.4 Å². The van der Waals surface area contributed by atoms with Crippen LogP contribution in [-0.2, 0) is 18.2 Å². The first-order valence-corrected chi connectivity index (χ1v) is 11.0. The maximum Gasteiger partial charge on any atom is 0.264 e. The Morgan fingerprint density at radius 3 is 2.79 bits per heavy atom. The van der Waals surface area contributed by atoms with Gasteiger partial charge in [0.1, 0.15) is 34.1 Å². The number of thiophene rings is 1. The van der Waals surface area contributed by atoms with E-state index in [-0.39, 0.29) is 0 Å². The minimum absolute atomic E-state index is 0.322. The molecule has 2 N–H and O–H groups in total. The molecule has 0 spiro atoms. The van der Waals surface area contributed by atoms with Gasteiger partial charge in [-0.15, -0.1) is 0 Å². The van der Waals surface area contributed by atoms with Crippen LogP contribution in [0.1, 0.15) is 25.6 Å². The van der Waals surface area contributed by atoms with Crippen LogP contribution in [0.15, 0.2) is 27.3 Å². The van der Waals surface area contributed by atoms with Crippen molar-refractivity contribution in [3.05, 3.63) is 24.5 Å². The van der Waals surface area contributed by atoms with Gasteiger partial charge in [-0.25, -0.2) is 19.9 Å². The summed E-state index contributed by atoms with van der Waals surface area (Å²) in [5.74, 6) is 2.11. The molecule has 4 rings (SSSR count). The second-order valence-electron chi connectivity index (χ2n) is 6.37. The highest BCUT2D eigenvalue weighted by Gasteiger charge is 2.27. The molecule has 4 heterocycles. The molecular formula is C18H20N6O2S2. The van der Waals surface area contributed by atoms with Crippen molar-refractivity contribution in [1.29, 1.82) is 0 Å².